The molecule has 0 unspecified atom stereocenters. The standard InChI is InChI=1S/C15H9N3O/c1-3-6-18-13-5-4-10(2)7-12(13)14(15(18)19)11(8-16)9-17/h1,4-5,7H,6H2,2H3. The second kappa shape index (κ2) is 4.69. The van der Waals surface area contributed by atoms with E-state index < -0.39 is 5.91 Å². The first-order chi connectivity index (χ1) is 9.13. The van der Waals surface area contributed by atoms with E-state index >= 15 is 0 Å². The molecular formula is C15H9N3O. The summed E-state index contributed by atoms with van der Waals surface area (Å²) in [5, 5.41) is 17.9. The van der Waals surface area contributed by atoms with E-state index in [2.05, 4.69) is 5.92 Å². The van der Waals surface area contributed by atoms with Crippen LogP contribution in [0.3, 0.4) is 0 Å². The maximum atomic E-state index is 12.3. The third kappa shape index (κ3) is 1.84. The fourth-order valence-corrected chi connectivity index (χ4v) is 2.07. The lowest BCUT2D eigenvalue weighted by molar-refractivity contribution is -0.112. The molecule has 0 saturated carbocycles. The highest BCUT2D eigenvalue weighted by molar-refractivity contribution is 6.34. The number of rotatable bonds is 1. The molecule has 0 bridgehead atoms. The molecule has 0 atom stereocenters. The lowest BCUT2D eigenvalue weighted by Crippen LogP contribution is -2.26. The predicted molar refractivity (Wildman–Crippen MR) is 70.5 cm³/mol. The largest absolute Gasteiger partial charge is 0.296 e. The maximum Gasteiger partial charge on any atom is 0.261 e. The third-order valence-electron chi connectivity index (χ3n) is 2.89. The molecule has 2 rings (SSSR count). The van der Waals surface area contributed by atoms with E-state index in [1.54, 1.807) is 24.3 Å². The van der Waals surface area contributed by atoms with Gasteiger partial charge in [-0.3, -0.25) is 9.69 Å². The van der Waals surface area contributed by atoms with Gasteiger partial charge in [0.25, 0.3) is 5.91 Å². The normalized spacial score (nSPS) is 12.4. The number of carbonyl (C=O) groups is 1. The van der Waals surface area contributed by atoms with Crippen molar-refractivity contribution in [2.24, 2.45) is 0 Å². The van der Waals surface area contributed by atoms with Crippen LogP contribution in [-0.2, 0) is 4.79 Å². The quantitative estimate of drug-likeness (QED) is 0.431. The van der Waals surface area contributed by atoms with Gasteiger partial charge in [0.15, 0.2) is 0 Å². The van der Waals surface area contributed by atoms with Crippen molar-refractivity contribution in [1.82, 2.24) is 0 Å². The maximum absolute atomic E-state index is 12.3. The molecule has 1 amide bonds. The van der Waals surface area contributed by atoms with Gasteiger partial charge in [0.2, 0.25) is 0 Å². The molecule has 0 aliphatic carbocycles. The lowest BCUT2D eigenvalue weighted by Gasteiger charge is -2.13. The van der Waals surface area contributed by atoms with Crippen LogP contribution in [0, 0.1) is 41.9 Å². The summed E-state index contributed by atoms with van der Waals surface area (Å²) in [6.45, 7) is 1.99. The van der Waals surface area contributed by atoms with Gasteiger partial charge in [0, 0.05) is 5.56 Å². The van der Waals surface area contributed by atoms with Crippen LogP contribution in [0.2, 0.25) is 0 Å². The molecular weight excluding hydrogens is 238 g/mol. The van der Waals surface area contributed by atoms with Gasteiger partial charge in [-0.2, -0.15) is 10.5 Å². The number of amides is 1. The average molecular weight is 247 g/mol. The first-order valence-electron chi connectivity index (χ1n) is 5.55. The molecule has 1 aromatic carbocycles. The van der Waals surface area contributed by atoms with Crippen molar-refractivity contribution in [1.29, 1.82) is 10.5 Å². The Bertz CT molecular complexity index is 707. The van der Waals surface area contributed by atoms with E-state index in [-0.39, 0.29) is 17.7 Å². The molecule has 1 aromatic rings. The molecule has 4 nitrogen and oxygen atoms in total. The second-order valence-corrected chi connectivity index (χ2v) is 4.09. The zero-order chi connectivity index (χ0) is 14.0. The van der Waals surface area contributed by atoms with Crippen LogP contribution in [0.25, 0.3) is 5.57 Å². The number of fused-ring (bicyclic) bond motifs is 1. The number of nitriles is 2. The number of hydrogen-bond donors (Lipinski definition) is 0. The highest BCUT2D eigenvalue weighted by atomic mass is 16.2. The number of carbonyl (C=O) groups excluding carboxylic acids is 1. The van der Waals surface area contributed by atoms with Gasteiger partial charge >= 0.3 is 0 Å². The van der Waals surface area contributed by atoms with Crippen molar-refractivity contribution in [3.05, 3.63) is 34.9 Å². The number of allylic oxidation sites excluding steroid dienone is 1. The van der Waals surface area contributed by atoms with E-state index in [0.717, 1.165) is 5.56 Å². The predicted octanol–water partition coefficient (Wildman–Crippen LogP) is 1.78. The van der Waals surface area contributed by atoms with Crippen LogP contribution >= 0.6 is 0 Å². The van der Waals surface area contributed by atoms with Crippen molar-refractivity contribution < 1.29 is 4.79 Å². The molecule has 0 fully saturated rings. The average Bonchev–Trinajstić information content (AvgIpc) is 2.66. The molecule has 0 N–H and O–H groups in total. The molecule has 19 heavy (non-hydrogen) atoms. The van der Waals surface area contributed by atoms with Gasteiger partial charge in [0.05, 0.1) is 17.8 Å². The van der Waals surface area contributed by atoms with E-state index in [9.17, 15) is 4.79 Å². The molecule has 0 saturated heterocycles. The van der Waals surface area contributed by atoms with Crippen molar-refractivity contribution in [2.45, 2.75) is 6.92 Å². The van der Waals surface area contributed by atoms with Crippen LogP contribution in [-0.4, -0.2) is 12.5 Å². The van der Waals surface area contributed by atoms with E-state index in [1.807, 2.05) is 13.0 Å². The van der Waals surface area contributed by atoms with Gasteiger partial charge in [-0.1, -0.05) is 17.6 Å². The van der Waals surface area contributed by atoms with Crippen molar-refractivity contribution in [2.75, 3.05) is 11.4 Å². The SMILES string of the molecule is C#CCN1C(=O)C(=C(C#N)C#N)c2cc(C)ccc21. The Hall–Kier alpha value is -3.03. The van der Waals surface area contributed by atoms with Crippen LogP contribution in [0.1, 0.15) is 11.1 Å². The minimum atomic E-state index is -0.392. The zero-order valence-electron chi connectivity index (χ0n) is 10.3. The minimum Gasteiger partial charge on any atom is -0.296 e. The third-order valence-corrected chi connectivity index (χ3v) is 2.89. The molecule has 0 radical (unpaired) electrons. The molecule has 1 aliphatic heterocycles. The van der Waals surface area contributed by atoms with Gasteiger partial charge in [0.1, 0.15) is 17.7 Å². The minimum absolute atomic E-state index is 0.114. The Labute approximate surface area is 111 Å². The number of benzene rings is 1. The topological polar surface area (TPSA) is 67.9 Å². The highest BCUT2D eigenvalue weighted by Crippen LogP contribution is 2.38. The Morgan fingerprint density at radius 2 is 2.05 bits per heavy atom. The molecule has 1 aliphatic rings. The van der Waals surface area contributed by atoms with E-state index in [1.165, 1.54) is 4.90 Å². The smallest absolute Gasteiger partial charge is 0.261 e. The van der Waals surface area contributed by atoms with E-state index in [0.29, 0.717) is 11.3 Å². The zero-order valence-corrected chi connectivity index (χ0v) is 10.3. The number of nitrogens with zero attached hydrogens (tertiary/aromatic N) is 3. The Morgan fingerprint density at radius 3 is 2.63 bits per heavy atom. The fourth-order valence-electron chi connectivity index (χ4n) is 2.07. The number of anilines is 1. The monoisotopic (exact) mass is 247 g/mol. The Morgan fingerprint density at radius 1 is 1.37 bits per heavy atom. The van der Waals surface area contributed by atoms with Gasteiger partial charge < -0.3 is 0 Å². The summed E-state index contributed by atoms with van der Waals surface area (Å²) in [6, 6.07) is 8.95. The Balaban J connectivity index is 2.77. The first-order valence-corrected chi connectivity index (χ1v) is 5.55. The summed E-state index contributed by atoms with van der Waals surface area (Å²) >= 11 is 0. The highest BCUT2D eigenvalue weighted by Gasteiger charge is 2.34. The van der Waals surface area contributed by atoms with Crippen molar-refractivity contribution in [3.8, 4) is 24.5 Å². The molecule has 4 heteroatoms. The van der Waals surface area contributed by atoms with Crippen LogP contribution < -0.4 is 4.90 Å². The van der Waals surface area contributed by atoms with Crippen LogP contribution in [0.4, 0.5) is 5.69 Å². The summed E-state index contributed by atoms with van der Waals surface area (Å²) in [5.74, 6) is 2.02. The summed E-state index contributed by atoms with van der Waals surface area (Å²) < 4.78 is 0. The second-order valence-electron chi connectivity index (χ2n) is 4.09. The molecule has 0 aromatic heterocycles. The van der Waals surface area contributed by atoms with Gasteiger partial charge in [-0.25, -0.2) is 0 Å². The van der Waals surface area contributed by atoms with Crippen LogP contribution in [0.5, 0.6) is 0 Å². The number of terminal acetylenes is 1. The van der Waals surface area contributed by atoms with E-state index in [4.69, 9.17) is 16.9 Å². The number of aryl methyl sites for hydroxylation is 1. The van der Waals surface area contributed by atoms with Crippen molar-refractivity contribution in [3.63, 3.8) is 0 Å². The number of hydrogen-bond acceptors (Lipinski definition) is 3. The van der Waals surface area contributed by atoms with Gasteiger partial charge in [-0.05, 0) is 19.1 Å². The van der Waals surface area contributed by atoms with Gasteiger partial charge in [-0.15, -0.1) is 6.42 Å². The molecule has 1 heterocycles. The summed E-state index contributed by atoms with van der Waals surface area (Å²) in [5.41, 5.74) is 2.14. The van der Waals surface area contributed by atoms with Crippen LogP contribution in [0.15, 0.2) is 23.8 Å². The van der Waals surface area contributed by atoms with Crippen molar-refractivity contribution >= 4 is 17.2 Å². The molecule has 90 valence electrons. The lowest BCUT2D eigenvalue weighted by atomic mass is 10.0. The summed E-state index contributed by atoms with van der Waals surface area (Å²) in [4.78, 5) is 13.7. The Kier molecular flexibility index (Phi) is 3.06. The molecule has 0 spiro atoms. The fraction of sp³-hybridized carbons (Fsp3) is 0.133. The summed E-state index contributed by atoms with van der Waals surface area (Å²) in [7, 11) is 0. The first kappa shape index (κ1) is 12.4. The summed E-state index contributed by atoms with van der Waals surface area (Å²) in [6.07, 6.45) is 5.25.